The van der Waals surface area contributed by atoms with E-state index < -0.39 is 0 Å². The molecule has 1 aliphatic heterocycles. The number of ether oxygens (including phenoxy) is 1. The van der Waals surface area contributed by atoms with Crippen molar-refractivity contribution >= 4 is 39.4 Å². The quantitative estimate of drug-likeness (QED) is 0.468. The van der Waals surface area contributed by atoms with Gasteiger partial charge < -0.3 is 9.64 Å². The van der Waals surface area contributed by atoms with E-state index in [1.54, 1.807) is 0 Å². The predicted octanol–water partition coefficient (Wildman–Crippen LogP) is 3.90. The monoisotopic (exact) mass is 452 g/mol. The number of nitrogens with zero attached hydrogens (tertiary/aromatic N) is 4. The third-order valence-electron chi connectivity index (χ3n) is 4.32. The van der Waals surface area contributed by atoms with Crippen molar-refractivity contribution in [3.63, 3.8) is 0 Å². The summed E-state index contributed by atoms with van der Waals surface area (Å²) in [6, 6.07) is 7.48. The van der Waals surface area contributed by atoms with Gasteiger partial charge in [-0.15, -0.1) is 10.2 Å². The lowest BCUT2D eigenvalue weighted by atomic mass is 10.1. The standard InChI is InChI=1S/C19H25BrN4O2S/c1-13(2)12-24-18(23-8-10-26-11-9-23)21-22-19(24)27-14(3)17(25)15-4-6-16(20)7-5-15/h4-7,13-14H,8-12H2,1-3H3/t14-/m1/s1. The number of carbonyl (C=O) groups is 1. The summed E-state index contributed by atoms with van der Waals surface area (Å²) in [5, 5.41) is 9.40. The van der Waals surface area contributed by atoms with Crippen LogP contribution in [-0.2, 0) is 11.3 Å². The highest BCUT2D eigenvalue weighted by atomic mass is 79.9. The third-order valence-corrected chi connectivity index (χ3v) is 5.93. The first-order valence-electron chi connectivity index (χ1n) is 9.18. The van der Waals surface area contributed by atoms with Crippen LogP contribution in [0, 0.1) is 5.92 Å². The van der Waals surface area contributed by atoms with Gasteiger partial charge >= 0.3 is 0 Å². The molecule has 0 radical (unpaired) electrons. The number of anilines is 1. The summed E-state index contributed by atoms with van der Waals surface area (Å²) in [7, 11) is 0. The van der Waals surface area contributed by atoms with Crippen molar-refractivity contribution in [1.82, 2.24) is 14.8 Å². The van der Waals surface area contributed by atoms with Crippen LogP contribution in [0.1, 0.15) is 31.1 Å². The van der Waals surface area contributed by atoms with Crippen LogP contribution in [-0.4, -0.2) is 52.1 Å². The number of Topliss-reactive ketones (excluding diaryl/α,β-unsaturated/α-hetero) is 1. The van der Waals surface area contributed by atoms with E-state index in [0.29, 0.717) is 24.7 Å². The summed E-state index contributed by atoms with van der Waals surface area (Å²) >= 11 is 4.88. The van der Waals surface area contributed by atoms with E-state index in [9.17, 15) is 4.79 Å². The SMILES string of the molecule is CC(C)Cn1c(S[C@H](C)C(=O)c2ccc(Br)cc2)nnc1N1CCOCC1. The molecule has 1 aromatic heterocycles. The van der Waals surface area contributed by atoms with Gasteiger partial charge in [-0.3, -0.25) is 9.36 Å². The van der Waals surface area contributed by atoms with E-state index in [1.165, 1.54) is 11.8 Å². The summed E-state index contributed by atoms with van der Waals surface area (Å²) in [6.07, 6.45) is 0. The van der Waals surface area contributed by atoms with Crippen LogP contribution < -0.4 is 4.90 Å². The van der Waals surface area contributed by atoms with Gasteiger partial charge in [0.2, 0.25) is 5.95 Å². The number of thioether (sulfide) groups is 1. The van der Waals surface area contributed by atoms with Crippen LogP contribution in [0.4, 0.5) is 5.95 Å². The lowest BCUT2D eigenvalue weighted by Gasteiger charge is -2.28. The van der Waals surface area contributed by atoms with Gasteiger partial charge in [-0.25, -0.2) is 0 Å². The molecule has 0 aliphatic carbocycles. The Hall–Kier alpha value is -1.38. The van der Waals surface area contributed by atoms with E-state index in [1.807, 2.05) is 31.2 Å². The molecule has 0 saturated carbocycles. The second-order valence-electron chi connectivity index (χ2n) is 7.02. The molecule has 0 amide bonds. The lowest BCUT2D eigenvalue weighted by molar-refractivity contribution is 0.0994. The summed E-state index contributed by atoms with van der Waals surface area (Å²) in [5.41, 5.74) is 0.710. The molecule has 2 heterocycles. The van der Waals surface area contributed by atoms with Gasteiger partial charge in [0.15, 0.2) is 10.9 Å². The van der Waals surface area contributed by atoms with E-state index in [4.69, 9.17) is 4.74 Å². The molecule has 1 saturated heterocycles. The molecule has 1 fully saturated rings. The fourth-order valence-electron chi connectivity index (χ4n) is 2.95. The maximum atomic E-state index is 12.8. The molecule has 0 unspecified atom stereocenters. The molecule has 0 spiro atoms. The zero-order valence-electron chi connectivity index (χ0n) is 15.9. The van der Waals surface area contributed by atoms with Gasteiger partial charge in [0, 0.05) is 29.7 Å². The number of ketones is 1. The zero-order valence-corrected chi connectivity index (χ0v) is 18.3. The third kappa shape index (κ3) is 5.12. The number of hydrogen-bond donors (Lipinski definition) is 0. The van der Waals surface area contributed by atoms with Crippen molar-refractivity contribution in [3.05, 3.63) is 34.3 Å². The molecule has 6 nitrogen and oxygen atoms in total. The minimum atomic E-state index is -0.237. The highest BCUT2D eigenvalue weighted by molar-refractivity contribution is 9.10. The van der Waals surface area contributed by atoms with Crippen LogP contribution in [0.2, 0.25) is 0 Å². The number of hydrogen-bond acceptors (Lipinski definition) is 6. The Balaban J connectivity index is 1.79. The number of aromatic nitrogens is 3. The molecular weight excluding hydrogens is 428 g/mol. The molecule has 27 heavy (non-hydrogen) atoms. The Bertz CT molecular complexity index is 773. The van der Waals surface area contributed by atoms with Gasteiger partial charge in [-0.05, 0) is 25.0 Å². The van der Waals surface area contributed by atoms with Gasteiger partial charge in [0.25, 0.3) is 0 Å². The molecule has 1 aliphatic rings. The first kappa shape index (κ1) is 20.4. The minimum absolute atomic E-state index is 0.0968. The fourth-order valence-corrected chi connectivity index (χ4v) is 4.15. The molecule has 0 bridgehead atoms. The topological polar surface area (TPSA) is 60.2 Å². The molecular formula is C19H25BrN4O2S. The van der Waals surface area contributed by atoms with Crippen LogP contribution in [0.15, 0.2) is 33.9 Å². The normalized spacial score (nSPS) is 16.0. The van der Waals surface area contributed by atoms with Crippen molar-refractivity contribution in [1.29, 1.82) is 0 Å². The van der Waals surface area contributed by atoms with E-state index in [0.717, 1.165) is 35.2 Å². The number of rotatable bonds is 7. The first-order chi connectivity index (χ1) is 13.0. The van der Waals surface area contributed by atoms with Crippen LogP contribution in [0.25, 0.3) is 0 Å². The Kier molecular flexibility index (Phi) is 6.94. The van der Waals surface area contributed by atoms with E-state index >= 15 is 0 Å². The van der Waals surface area contributed by atoms with Crippen LogP contribution >= 0.6 is 27.7 Å². The number of carbonyl (C=O) groups excluding carboxylic acids is 1. The van der Waals surface area contributed by atoms with Crippen molar-refractivity contribution in [2.45, 2.75) is 37.7 Å². The number of morpholine rings is 1. The van der Waals surface area contributed by atoms with E-state index in [-0.39, 0.29) is 11.0 Å². The predicted molar refractivity (Wildman–Crippen MR) is 112 cm³/mol. The molecule has 146 valence electrons. The first-order valence-corrected chi connectivity index (χ1v) is 10.8. The van der Waals surface area contributed by atoms with Crippen molar-refractivity contribution in [3.8, 4) is 0 Å². The molecule has 2 aromatic rings. The Labute approximate surface area is 172 Å². The smallest absolute Gasteiger partial charge is 0.228 e. The van der Waals surface area contributed by atoms with Crippen molar-refractivity contribution < 1.29 is 9.53 Å². The highest BCUT2D eigenvalue weighted by Gasteiger charge is 2.24. The number of benzene rings is 1. The second kappa shape index (κ2) is 9.21. The Morgan fingerprint density at radius 3 is 2.48 bits per heavy atom. The summed E-state index contributed by atoms with van der Waals surface area (Å²) in [4.78, 5) is 15.0. The highest BCUT2D eigenvalue weighted by Crippen LogP contribution is 2.29. The van der Waals surface area contributed by atoms with E-state index in [2.05, 4.69) is 49.4 Å². The molecule has 1 atom stereocenters. The molecule has 8 heteroatoms. The summed E-state index contributed by atoms with van der Waals surface area (Å²) < 4.78 is 8.56. The average molecular weight is 453 g/mol. The lowest BCUT2D eigenvalue weighted by Crippen LogP contribution is -2.38. The average Bonchev–Trinajstić information content (AvgIpc) is 3.04. The van der Waals surface area contributed by atoms with Gasteiger partial charge in [0.1, 0.15) is 0 Å². The number of halogens is 1. The molecule has 0 N–H and O–H groups in total. The van der Waals surface area contributed by atoms with Gasteiger partial charge in [-0.1, -0.05) is 53.7 Å². The molecule has 3 rings (SSSR count). The van der Waals surface area contributed by atoms with Gasteiger partial charge in [-0.2, -0.15) is 0 Å². The fraction of sp³-hybridized carbons (Fsp3) is 0.526. The largest absolute Gasteiger partial charge is 0.378 e. The maximum Gasteiger partial charge on any atom is 0.228 e. The van der Waals surface area contributed by atoms with Crippen molar-refractivity contribution in [2.75, 3.05) is 31.2 Å². The summed E-state index contributed by atoms with van der Waals surface area (Å²) in [5.74, 6) is 1.43. The summed E-state index contributed by atoms with van der Waals surface area (Å²) in [6.45, 7) is 10.1. The maximum absolute atomic E-state index is 12.8. The molecule has 1 aromatic carbocycles. The zero-order chi connectivity index (χ0) is 19.4. The Morgan fingerprint density at radius 1 is 1.19 bits per heavy atom. The van der Waals surface area contributed by atoms with Crippen LogP contribution in [0.5, 0.6) is 0 Å². The van der Waals surface area contributed by atoms with Gasteiger partial charge in [0.05, 0.1) is 18.5 Å². The van der Waals surface area contributed by atoms with Crippen LogP contribution in [0.3, 0.4) is 0 Å². The Morgan fingerprint density at radius 2 is 1.85 bits per heavy atom. The minimum Gasteiger partial charge on any atom is -0.378 e. The second-order valence-corrected chi connectivity index (χ2v) is 9.24. The van der Waals surface area contributed by atoms with Crippen molar-refractivity contribution in [2.24, 2.45) is 5.92 Å².